The molecule has 0 radical (unpaired) electrons. The minimum atomic E-state index is -4.25. The Morgan fingerprint density at radius 1 is 1.21 bits per heavy atom. The average molecular weight is 297 g/mol. The van der Waals surface area contributed by atoms with Gasteiger partial charge in [0, 0.05) is 19.7 Å². The van der Waals surface area contributed by atoms with Gasteiger partial charge in [0.1, 0.15) is 4.90 Å². The smallest absolute Gasteiger partial charge is 0.246 e. The average Bonchev–Trinajstić information content (AvgIpc) is 2.36. The third-order valence-electron chi connectivity index (χ3n) is 2.54. The van der Waals surface area contributed by atoms with Crippen molar-refractivity contribution in [2.24, 2.45) is 0 Å². The van der Waals surface area contributed by atoms with Gasteiger partial charge in [0.2, 0.25) is 10.0 Å². The van der Waals surface area contributed by atoms with E-state index in [1.54, 1.807) is 0 Å². The zero-order valence-corrected chi connectivity index (χ0v) is 11.1. The van der Waals surface area contributed by atoms with Crippen LogP contribution in [0.15, 0.2) is 17.0 Å². The molecular formula is C11H14F3NO3S. The van der Waals surface area contributed by atoms with Gasteiger partial charge in [0.15, 0.2) is 17.5 Å². The highest BCUT2D eigenvalue weighted by molar-refractivity contribution is 7.89. The van der Waals surface area contributed by atoms with Crippen LogP contribution < -0.4 is 0 Å². The zero-order valence-electron chi connectivity index (χ0n) is 10.2. The molecule has 0 amide bonds. The number of hydrogen-bond acceptors (Lipinski definition) is 3. The van der Waals surface area contributed by atoms with Crippen molar-refractivity contribution in [1.29, 1.82) is 0 Å². The van der Waals surface area contributed by atoms with Crippen molar-refractivity contribution in [3.05, 3.63) is 29.6 Å². The third-order valence-corrected chi connectivity index (χ3v) is 4.53. The first-order valence-corrected chi connectivity index (χ1v) is 7.04. The lowest BCUT2D eigenvalue weighted by molar-refractivity contribution is 0.270. The first-order chi connectivity index (χ1) is 8.86. The van der Waals surface area contributed by atoms with E-state index in [-0.39, 0.29) is 26.1 Å². The van der Waals surface area contributed by atoms with Crippen LogP contribution >= 0.6 is 0 Å². The summed E-state index contributed by atoms with van der Waals surface area (Å²) in [6.45, 7) is 1.29. The first-order valence-electron chi connectivity index (χ1n) is 5.60. The van der Waals surface area contributed by atoms with Gasteiger partial charge in [0.25, 0.3) is 0 Å². The highest BCUT2D eigenvalue weighted by atomic mass is 32.2. The number of nitrogens with zero attached hydrogens (tertiary/aromatic N) is 1. The van der Waals surface area contributed by atoms with Crippen LogP contribution in [0.4, 0.5) is 13.2 Å². The molecule has 0 aromatic heterocycles. The molecule has 0 heterocycles. The molecule has 4 nitrogen and oxygen atoms in total. The number of benzene rings is 1. The van der Waals surface area contributed by atoms with Gasteiger partial charge in [-0.1, -0.05) is 6.92 Å². The van der Waals surface area contributed by atoms with Gasteiger partial charge in [-0.2, -0.15) is 4.31 Å². The Morgan fingerprint density at radius 3 is 2.37 bits per heavy atom. The Bertz CT molecular complexity index is 548. The van der Waals surface area contributed by atoms with Crippen molar-refractivity contribution in [3.8, 4) is 0 Å². The maximum Gasteiger partial charge on any atom is 0.246 e. The minimum absolute atomic E-state index is 0.0285. The van der Waals surface area contributed by atoms with E-state index in [2.05, 4.69) is 0 Å². The minimum Gasteiger partial charge on any atom is -0.396 e. The maximum atomic E-state index is 13.5. The van der Waals surface area contributed by atoms with E-state index >= 15 is 0 Å². The molecule has 1 rings (SSSR count). The molecule has 0 fully saturated rings. The summed E-state index contributed by atoms with van der Waals surface area (Å²) in [4.78, 5) is -0.911. The van der Waals surface area contributed by atoms with E-state index in [1.165, 1.54) is 6.92 Å². The van der Waals surface area contributed by atoms with Crippen LogP contribution in [0.5, 0.6) is 0 Å². The molecule has 0 bridgehead atoms. The highest BCUT2D eigenvalue weighted by Gasteiger charge is 2.28. The Kier molecular flexibility index (Phi) is 5.33. The van der Waals surface area contributed by atoms with Crippen molar-refractivity contribution >= 4 is 10.0 Å². The Morgan fingerprint density at radius 2 is 1.84 bits per heavy atom. The molecule has 1 aromatic carbocycles. The molecule has 0 aliphatic carbocycles. The molecular weight excluding hydrogens is 283 g/mol. The summed E-state index contributed by atoms with van der Waals surface area (Å²) < 4.78 is 64.4. The quantitative estimate of drug-likeness (QED) is 0.810. The molecule has 108 valence electrons. The number of aliphatic hydroxyl groups is 1. The van der Waals surface area contributed by atoms with Crippen molar-refractivity contribution in [2.45, 2.75) is 18.2 Å². The standard InChI is InChI=1S/C11H14F3NO3S/c1-2-15(6-3-7-16)19(17,18)9-5-4-8(12)10(13)11(9)14/h4-5,16H,2-3,6-7H2,1H3. The summed E-state index contributed by atoms with van der Waals surface area (Å²) >= 11 is 0. The van der Waals surface area contributed by atoms with Gasteiger partial charge in [-0.25, -0.2) is 21.6 Å². The summed E-state index contributed by atoms with van der Waals surface area (Å²) in [6.07, 6.45) is 0.165. The lowest BCUT2D eigenvalue weighted by atomic mass is 10.3. The fraction of sp³-hybridized carbons (Fsp3) is 0.455. The van der Waals surface area contributed by atoms with Gasteiger partial charge in [0.05, 0.1) is 0 Å². The molecule has 1 N–H and O–H groups in total. The SMILES string of the molecule is CCN(CCCO)S(=O)(=O)c1ccc(F)c(F)c1F. The summed E-state index contributed by atoms with van der Waals surface area (Å²) in [6, 6.07) is 1.25. The third kappa shape index (κ3) is 3.26. The largest absolute Gasteiger partial charge is 0.396 e. The van der Waals surface area contributed by atoms with E-state index < -0.39 is 32.4 Å². The van der Waals surface area contributed by atoms with Gasteiger partial charge in [-0.15, -0.1) is 0 Å². The highest BCUT2D eigenvalue weighted by Crippen LogP contribution is 2.23. The van der Waals surface area contributed by atoms with E-state index in [9.17, 15) is 21.6 Å². The van der Waals surface area contributed by atoms with Crippen LogP contribution in [0.3, 0.4) is 0 Å². The van der Waals surface area contributed by atoms with Gasteiger partial charge >= 0.3 is 0 Å². The second-order valence-corrected chi connectivity index (χ2v) is 5.65. The number of hydrogen-bond donors (Lipinski definition) is 1. The molecule has 0 saturated heterocycles. The second-order valence-electron chi connectivity index (χ2n) is 3.75. The van der Waals surface area contributed by atoms with Crippen molar-refractivity contribution in [3.63, 3.8) is 0 Å². The van der Waals surface area contributed by atoms with Crippen LogP contribution in [-0.4, -0.2) is 37.5 Å². The molecule has 0 saturated carbocycles. The Hall–Kier alpha value is -1.12. The molecule has 0 aliphatic rings. The van der Waals surface area contributed by atoms with Crippen LogP contribution in [0.25, 0.3) is 0 Å². The lowest BCUT2D eigenvalue weighted by Gasteiger charge is -2.20. The molecule has 8 heteroatoms. The molecule has 1 aromatic rings. The molecule has 0 atom stereocenters. The van der Waals surface area contributed by atoms with Crippen LogP contribution in [0.2, 0.25) is 0 Å². The van der Waals surface area contributed by atoms with Crippen LogP contribution in [-0.2, 0) is 10.0 Å². The first kappa shape index (κ1) is 15.9. The van der Waals surface area contributed by atoms with Crippen LogP contribution in [0.1, 0.15) is 13.3 Å². The molecule has 0 spiro atoms. The number of sulfonamides is 1. The monoisotopic (exact) mass is 297 g/mol. The van der Waals surface area contributed by atoms with Gasteiger partial charge in [-0.3, -0.25) is 0 Å². The lowest BCUT2D eigenvalue weighted by Crippen LogP contribution is -2.33. The van der Waals surface area contributed by atoms with E-state index in [4.69, 9.17) is 5.11 Å². The summed E-state index contributed by atoms with van der Waals surface area (Å²) in [5.74, 6) is -5.00. The number of aliphatic hydroxyl groups excluding tert-OH is 1. The van der Waals surface area contributed by atoms with Crippen molar-refractivity contribution in [1.82, 2.24) is 4.31 Å². The van der Waals surface area contributed by atoms with Gasteiger partial charge < -0.3 is 5.11 Å². The van der Waals surface area contributed by atoms with E-state index in [0.717, 1.165) is 4.31 Å². The number of rotatable bonds is 6. The predicted octanol–water partition coefficient (Wildman–Crippen LogP) is 1.50. The molecule has 0 aliphatic heterocycles. The molecule has 19 heavy (non-hydrogen) atoms. The second kappa shape index (κ2) is 6.36. The molecule has 0 unspecified atom stereocenters. The zero-order chi connectivity index (χ0) is 14.6. The predicted molar refractivity (Wildman–Crippen MR) is 62.5 cm³/mol. The van der Waals surface area contributed by atoms with E-state index in [0.29, 0.717) is 12.1 Å². The fourth-order valence-corrected chi connectivity index (χ4v) is 3.09. The van der Waals surface area contributed by atoms with Crippen molar-refractivity contribution < 1.29 is 26.7 Å². The Balaban J connectivity index is 3.22. The van der Waals surface area contributed by atoms with Gasteiger partial charge in [-0.05, 0) is 18.6 Å². The summed E-state index contributed by atoms with van der Waals surface area (Å²) in [5.41, 5.74) is 0. The maximum absolute atomic E-state index is 13.5. The fourth-order valence-electron chi connectivity index (χ4n) is 1.54. The summed E-state index contributed by atoms with van der Waals surface area (Å²) in [7, 11) is -4.25. The summed E-state index contributed by atoms with van der Waals surface area (Å²) in [5, 5.41) is 8.68. The Labute approximate surface area is 109 Å². The normalized spacial score (nSPS) is 12.1. The van der Waals surface area contributed by atoms with E-state index in [1.807, 2.05) is 0 Å². The van der Waals surface area contributed by atoms with Crippen molar-refractivity contribution in [2.75, 3.05) is 19.7 Å². The topological polar surface area (TPSA) is 57.6 Å². The van der Waals surface area contributed by atoms with Crippen LogP contribution in [0, 0.1) is 17.5 Å². The number of halogens is 3.